The molecule has 2 aliphatic heterocycles. The van der Waals surface area contributed by atoms with E-state index in [1.807, 2.05) is 31.2 Å². The molecule has 0 saturated carbocycles. The van der Waals surface area contributed by atoms with E-state index in [4.69, 9.17) is 17.0 Å². The summed E-state index contributed by atoms with van der Waals surface area (Å²) in [4.78, 5) is 15.9. The van der Waals surface area contributed by atoms with Crippen molar-refractivity contribution in [3.63, 3.8) is 0 Å². The molecule has 1 aromatic carbocycles. The molecule has 1 amide bonds. The van der Waals surface area contributed by atoms with Gasteiger partial charge in [-0.15, -0.1) is 0 Å². The number of carbonyl (C=O) groups is 1. The third-order valence-electron chi connectivity index (χ3n) is 3.62. The first kappa shape index (κ1) is 13.3. The van der Waals surface area contributed by atoms with Crippen LogP contribution >= 0.6 is 12.2 Å². The highest BCUT2D eigenvalue weighted by atomic mass is 32.1. The molecule has 0 bridgehead atoms. The average Bonchev–Trinajstić information content (AvgIpc) is 2.73. The van der Waals surface area contributed by atoms with Crippen molar-refractivity contribution in [3.05, 3.63) is 24.3 Å². The minimum atomic E-state index is -0.249. The van der Waals surface area contributed by atoms with Crippen LogP contribution in [0.1, 0.15) is 6.92 Å². The van der Waals surface area contributed by atoms with Gasteiger partial charge in [-0.1, -0.05) is 0 Å². The molecule has 0 aliphatic carbocycles. The Morgan fingerprint density at radius 1 is 1.20 bits per heavy atom. The topological polar surface area (TPSA) is 44.8 Å². The molecule has 2 fully saturated rings. The van der Waals surface area contributed by atoms with Gasteiger partial charge in [0.25, 0.3) is 5.91 Å². The van der Waals surface area contributed by atoms with Gasteiger partial charge in [-0.05, 0) is 43.4 Å². The van der Waals surface area contributed by atoms with Crippen LogP contribution < -0.4 is 15.1 Å². The van der Waals surface area contributed by atoms with Gasteiger partial charge in [0.1, 0.15) is 6.04 Å². The molecule has 0 aromatic heterocycles. The molecule has 1 N–H and O–H groups in total. The Morgan fingerprint density at radius 3 is 2.35 bits per heavy atom. The van der Waals surface area contributed by atoms with Crippen molar-refractivity contribution < 1.29 is 9.53 Å². The monoisotopic (exact) mass is 291 g/mol. The normalized spacial score (nSPS) is 23.1. The van der Waals surface area contributed by atoms with Crippen molar-refractivity contribution in [2.24, 2.45) is 0 Å². The summed E-state index contributed by atoms with van der Waals surface area (Å²) in [7, 11) is 0. The predicted molar refractivity (Wildman–Crippen MR) is 82.2 cm³/mol. The molecule has 106 valence electrons. The number of hydrogen-bond donors (Lipinski definition) is 1. The smallest absolute Gasteiger partial charge is 0.255 e. The Balaban J connectivity index is 1.79. The van der Waals surface area contributed by atoms with E-state index in [9.17, 15) is 4.79 Å². The standard InChI is InChI=1S/C14H17N3O2S/c1-10-13(18)17(14(20)15-10)12-4-2-11(3-5-12)16-6-8-19-9-7-16/h2-5,10H,6-9H2,1H3,(H,15,20)/t10-/m0/s1. The van der Waals surface area contributed by atoms with Crippen LogP contribution in [0.25, 0.3) is 0 Å². The Kier molecular flexibility index (Phi) is 3.58. The SMILES string of the molecule is C[C@@H]1NC(=S)N(c2ccc(N3CCOCC3)cc2)C1=O. The zero-order valence-corrected chi connectivity index (χ0v) is 12.2. The third kappa shape index (κ3) is 2.36. The molecule has 2 heterocycles. The summed E-state index contributed by atoms with van der Waals surface area (Å²) in [6.45, 7) is 5.14. The van der Waals surface area contributed by atoms with Crippen LogP contribution in [-0.4, -0.2) is 43.4 Å². The molecule has 0 radical (unpaired) electrons. The van der Waals surface area contributed by atoms with Crippen LogP contribution in [-0.2, 0) is 9.53 Å². The summed E-state index contributed by atoms with van der Waals surface area (Å²) < 4.78 is 5.35. The quantitative estimate of drug-likeness (QED) is 0.828. The molecule has 2 aliphatic rings. The van der Waals surface area contributed by atoms with E-state index >= 15 is 0 Å². The van der Waals surface area contributed by atoms with Gasteiger partial charge in [0.15, 0.2) is 5.11 Å². The average molecular weight is 291 g/mol. The van der Waals surface area contributed by atoms with Crippen molar-refractivity contribution in [1.29, 1.82) is 0 Å². The third-order valence-corrected chi connectivity index (χ3v) is 3.92. The summed E-state index contributed by atoms with van der Waals surface area (Å²) in [5, 5.41) is 3.45. The van der Waals surface area contributed by atoms with Crippen molar-refractivity contribution in [3.8, 4) is 0 Å². The number of nitrogens with zero attached hydrogens (tertiary/aromatic N) is 2. The van der Waals surface area contributed by atoms with Gasteiger partial charge < -0.3 is 15.0 Å². The number of ether oxygens (including phenoxy) is 1. The van der Waals surface area contributed by atoms with Crippen molar-refractivity contribution in [2.75, 3.05) is 36.1 Å². The van der Waals surface area contributed by atoms with E-state index in [2.05, 4.69) is 10.2 Å². The lowest BCUT2D eigenvalue weighted by atomic mass is 10.2. The highest BCUT2D eigenvalue weighted by molar-refractivity contribution is 7.80. The fourth-order valence-corrected chi connectivity index (χ4v) is 2.86. The number of thiocarbonyl (C=S) groups is 1. The lowest BCUT2D eigenvalue weighted by Crippen LogP contribution is -2.36. The van der Waals surface area contributed by atoms with E-state index in [1.54, 1.807) is 4.90 Å². The summed E-state index contributed by atoms with van der Waals surface area (Å²) in [5.74, 6) is -0.00544. The van der Waals surface area contributed by atoms with E-state index < -0.39 is 0 Å². The minimum absolute atomic E-state index is 0.00544. The van der Waals surface area contributed by atoms with E-state index in [-0.39, 0.29) is 11.9 Å². The Labute approximate surface area is 123 Å². The summed E-state index contributed by atoms with van der Waals surface area (Å²) in [5.41, 5.74) is 1.96. The maximum atomic E-state index is 12.1. The van der Waals surface area contributed by atoms with Crippen LogP contribution in [0.15, 0.2) is 24.3 Å². The number of morpholine rings is 1. The molecule has 20 heavy (non-hydrogen) atoms. The summed E-state index contributed by atoms with van der Waals surface area (Å²) >= 11 is 5.20. The number of rotatable bonds is 2. The zero-order valence-electron chi connectivity index (χ0n) is 11.3. The number of amides is 1. The lowest BCUT2D eigenvalue weighted by molar-refractivity contribution is -0.117. The molecule has 1 atom stereocenters. The second-order valence-corrected chi connectivity index (χ2v) is 5.35. The second-order valence-electron chi connectivity index (χ2n) is 4.96. The number of anilines is 2. The first-order valence-corrected chi connectivity index (χ1v) is 7.15. The molecule has 0 spiro atoms. The van der Waals surface area contributed by atoms with Crippen LogP contribution in [0.3, 0.4) is 0 Å². The predicted octanol–water partition coefficient (Wildman–Crippen LogP) is 1.13. The van der Waals surface area contributed by atoms with Gasteiger partial charge in [0.05, 0.1) is 18.9 Å². The van der Waals surface area contributed by atoms with Crippen LogP contribution in [0, 0.1) is 0 Å². The van der Waals surface area contributed by atoms with Crippen molar-refractivity contribution >= 4 is 34.6 Å². The van der Waals surface area contributed by atoms with Crippen LogP contribution in [0.2, 0.25) is 0 Å². The summed E-state index contributed by atoms with van der Waals surface area (Å²) in [6.07, 6.45) is 0. The first-order valence-electron chi connectivity index (χ1n) is 6.74. The Hall–Kier alpha value is -1.66. The minimum Gasteiger partial charge on any atom is -0.378 e. The van der Waals surface area contributed by atoms with E-state index in [0.717, 1.165) is 37.7 Å². The van der Waals surface area contributed by atoms with Gasteiger partial charge in [0.2, 0.25) is 0 Å². The van der Waals surface area contributed by atoms with Gasteiger partial charge >= 0.3 is 0 Å². The number of carbonyl (C=O) groups excluding carboxylic acids is 1. The second kappa shape index (κ2) is 5.38. The fraction of sp³-hybridized carbons (Fsp3) is 0.429. The number of hydrogen-bond acceptors (Lipinski definition) is 4. The molecule has 3 rings (SSSR count). The van der Waals surface area contributed by atoms with Crippen LogP contribution in [0.5, 0.6) is 0 Å². The zero-order chi connectivity index (χ0) is 14.1. The molecule has 0 unspecified atom stereocenters. The molecule has 6 heteroatoms. The van der Waals surface area contributed by atoms with Gasteiger partial charge in [-0.2, -0.15) is 0 Å². The van der Waals surface area contributed by atoms with Crippen molar-refractivity contribution in [2.45, 2.75) is 13.0 Å². The number of nitrogens with one attached hydrogen (secondary N) is 1. The highest BCUT2D eigenvalue weighted by Crippen LogP contribution is 2.24. The largest absolute Gasteiger partial charge is 0.378 e. The molecule has 1 aromatic rings. The van der Waals surface area contributed by atoms with Gasteiger partial charge in [-0.3, -0.25) is 9.69 Å². The fourth-order valence-electron chi connectivity index (χ4n) is 2.48. The molecule has 2 saturated heterocycles. The maximum absolute atomic E-state index is 12.1. The van der Waals surface area contributed by atoms with E-state index in [0.29, 0.717) is 5.11 Å². The van der Waals surface area contributed by atoms with Crippen LogP contribution in [0.4, 0.5) is 11.4 Å². The van der Waals surface area contributed by atoms with Gasteiger partial charge in [0, 0.05) is 18.8 Å². The highest BCUT2D eigenvalue weighted by Gasteiger charge is 2.33. The first-order chi connectivity index (χ1) is 9.66. The Morgan fingerprint density at radius 2 is 1.80 bits per heavy atom. The summed E-state index contributed by atoms with van der Waals surface area (Å²) in [6, 6.07) is 7.68. The lowest BCUT2D eigenvalue weighted by Gasteiger charge is -2.29. The molecular formula is C14H17N3O2S. The van der Waals surface area contributed by atoms with Gasteiger partial charge in [-0.25, -0.2) is 0 Å². The Bertz CT molecular complexity index is 526. The molecular weight excluding hydrogens is 274 g/mol. The maximum Gasteiger partial charge on any atom is 0.255 e. The number of benzene rings is 1. The van der Waals surface area contributed by atoms with E-state index in [1.165, 1.54) is 0 Å². The van der Waals surface area contributed by atoms with Crippen molar-refractivity contribution in [1.82, 2.24) is 5.32 Å². The molecule has 5 nitrogen and oxygen atoms in total.